The maximum absolute atomic E-state index is 13.4. The van der Waals surface area contributed by atoms with Gasteiger partial charge in [-0.3, -0.25) is 14.7 Å². The predicted octanol–water partition coefficient (Wildman–Crippen LogP) is 2.33. The summed E-state index contributed by atoms with van der Waals surface area (Å²) in [5, 5.41) is 13.2. The molecule has 0 saturated carbocycles. The average molecular weight is 554 g/mol. The molecule has 13 heteroatoms. The van der Waals surface area contributed by atoms with E-state index in [9.17, 15) is 18.0 Å². The number of rotatable bonds is 12. The van der Waals surface area contributed by atoms with Gasteiger partial charge in [0, 0.05) is 36.4 Å². The lowest BCUT2D eigenvalue weighted by Crippen LogP contribution is -2.49. The van der Waals surface area contributed by atoms with Crippen LogP contribution >= 0.6 is 0 Å². The topological polar surface area (TPSA) is 171 Å². The fourth-order valence-corrected chi connectivity index (χ4v) is 5.94. The maximum Gasteiger partial charge on any atom is 0.326 e. The monoisotopic (exact) mass is 553 g/mol. The molecule has 1 atom stereocenters. The Balaban J connectivity index is 1.45. The summed E-state index contributed by atoms with van der Waals surface area (Å²) < 4.78 is 34.6. The van der Waals surface area contributed by atoms with E-state index in [1.54, 1.807) is 62.8 Å². The van der Waals surface area contributed by atoms with Crippen LogP contribution in [0.5, 0.6) is 0 Å². The van der Waals surface area contributed by atoms with Crippen molar-refractivity contribution < 1.29 is 22.7 Å². The highest BCUT2D eigenvalue weighted by molar-refractivity contribution is 7.89. The van der Waals surface area contributed by atoms with Crippen LogP contribution in [0.15, 0.2) is 53.8 Å². The number of imidazole rings is 1. The number of amides is 1. The summed E-state index contributed by atoms with van der Waals surface area (Å²) in [5.41, 5.74) is 3.13. The number of hydrogen-bond donors (Lipinski definition) is 5. The molecule has 2 aromatic heterocycles. The molecular formula is C26H31N7O5S. The van der Waals surface area contributed by atoms with Crippen molar-refractivity contribution in [2.24, 2.45) is 0 Å². The Morgan fingerprint density at radius 1 is 1.10 bits per heavy atom. The van der Waals surface area contributed by atoms with Crippen molar-refractivity contribution in [3.8, 4) is 0 Å². The van der Waals surface area contributed by atoms with Crippen molar-refractivity contribution in [2.45, 2.75) is 38.1 Å². The van der Waals surface area contributed by atoms with Gasteiger partial charge in [0.05, 0.1) is 23.2 Å². The van der Waals surface area contributed by atoms with Crippen molar-refractivity contribution in [2.75, 3.05) is 25.0 Å². The van der Waals surface area contributed by atoms with Gasteiger partial charge in [-0.25, -0.2) is 13.4 Å². The molecule has 39 heavy (non-hydrogen) atoms. The average Bonchev–Trinajstić information content (AvgIpc) is 3.56. The van der Waals surface area contributed by atoms with E-state index < -0.39 is 27.9 Å². The molecule has 206 valence electrons. The van der Waals surface area contributed by atoms with Gasteiger partial charge in [0.15, 0.2) is 5.95 Å². The van der Waals surface area contributed by atoms with Crippen LogP contribution in [0.25, 0.3) is 10.9 Å². The van der Waals surface area contributed by atoms with Crippen LogP contribution < -0.4 is 15.4 Å². The van der Waals surface area contributed by atoms with Crippen LogP contribution in [0, 0.1) is 20.8 Å². The summed E-state index contributed by atoms with van der Waals surface area (Å²) in [7, 11) is -4.12. The Kier molecular flexibility index (Phi) is 8.62. The zero-order valence-electron chi connectivity index (χ0n) is 21.9. The van der Waals surface area contributed by atoms with Gasteiger partial charge in [-0.05, 0) is 56.5 Å². The molecule has 1 amide bonds. The van der Waals surface area contributed by atoms with Crippen LogP contribution in [0.1, 0.15) is 33.5 Å². The molecule has 0 saturated heterocycles. The number of hydrogen-bond acceptors (Lipinski definition) is 8. The molecule has 5 N–H and O–H groups in total. The molecular weight excluding hydrogens is 522 g/mol. The minimum Gasteiger partial charge on any atom is -0.464 e. The first-order valence-electron chi connectivity index (χ1n) is 12.4. The minimum atomic E-state index is -4.12. The largest absolute Gasteiger partial charge is 0.464 e. The molecule has 0 bridgehead atoms. The molecule has 1 unspecified atom stereocenters. The van der Waals surface area contributed by atoms with Gasteiger partial charge in [-0.2, -0.15) is 9.82 Å². The Hall–Kier alpha value is -4.23. The number of carbonyl (C=O) groups is 2. The number of anilines is 1. The number of aryl methyl sites for hydroxylation is 3. The fraction of sp³-hybridized carbons (Fsp3) is 0.308. The Bertz CT molecular complexity index is 1540. The first-order valence-corrected chi connectivity index (χ1v) is 13.8. The van der Waals surface area contributed by atoms with Crippen LogP contribution in [0.2, 0.25) is 0 Å². The van der Waals surface area contributed by atoms with Gasteiger partial charge >= 0.3 is 5.97 Å². The van der Waals surface area contributed by atoms with E-state index in [0.717, 1.165) is 16.5 Å². The first kappa shape index (κ1) is 27.8. The van der Waals surface area contributed by atoms with E-state index in [1.807, 2.05) is 6.92 Å². The Morgan fingerprint density at radius 3 is 2.59 bits per heavy atom. The number of benzene rings is 2. The van der Waals surface area contributed by atoms with Gasteiger partial charge in [0.2, 0.25) is 10.0 Å². The van der Waals surface area contributed by atoms with Crippen LogP contribution in [-0.4, -0.2) is 66.2 Å². The highest BCUT2D eigenvalue weighted by Crippen LogP contribution is 2.22. The molecule has 0 aliphatic rings. The number of fused-ring (bicyclic) bond motifs is 1. The third-order valence-electron chi connectivity index (χ3n) is 5.98. The molecule has 0 spiro atoms. The standard InChI is InChI=1S/C26H31N7O5S/c1-16-11-17(2)23(18(3)12-16)39(36,37)33-22(25(35)38-10-4-7-27-26-28-8-9-29-26)15-30-24(34)19-5-6-21-20(13-19)14-31-32-21/h5-6,8-9,11-14,22,33H,4,7,10,15H2,1-3H3,(H,30,34)(H,31,32)(H2,27,28,29). The SMILES string of the molecule is Cc1cc(C)c(S(=O)(=O)NC(CNC(=O)c2ccc3[nH]ncc3c2)C(=O)OCCCNc2ncc[nH]2)c(C)c1. The third-order valence-corrected chi connectivity index (χ3v) is 7.76. The van der Waals surface area contributed by atoms with Gasteiger partial charge in [-0.1, -0.05) is 17.7 Å². The molecule has 0 aliphatic heterocycles. The Morgan fingerprint density at radius 2 is 1.87 bits per heavy atom. The van der Waals surface area contributed by atoms with Gasteiger partial charge < -0.3 is 20.4 Å². The molecule has 0 radical (unpaired) electrons. The van der Waals surface area contributed by atoms with E-state index in [1.165, 1.54) is 0 Å². The zero-order chi connectivity index (χ0) is 28.0. The summed E-state index contributed by atoms with van der Waals surface area (Å²) in [6.45, 7) is 5.48. The molecule has 12 nitrogen and oxygen atoms in total. The number of ether oxygens (including phenoxy) is 1. The van der Waals surface area contributed by atoms with E-state index in [2.05, 4.69) is 35.5 Å². The van der Waals surface area contributed by atoms with Crippen molar-refractivity contribution >= 4 is 38.8 Å². The number of H-pyrrole nitrogens is 2. The third kappa shape index (κ3) is 7.00. The highest BCUT2D eigenvalue weighted by atomic mass is 32.2. The second kappa shape index (κ2) is 12.1. The number of aromatic nitrogens is 4. The summed E-state index contributed by atoms with van der Waals surface area (Å²) in [6.07, 6.45) is 5.34. The van der Waals surface area contributed by atoms with Crippen molar-refractivity contribution in [3.63, 3.8) is 0 Å². The van der Waals surface area contributed by atoms with Gasteiger partial charge in [0.25, 0.3) is 5.91 Å². The number of nitrogens with zero attached hydrogens (tertiary/aromatic N) is 2. The van der Waals surface area contributed by atoms with Gasteiger partial charge in [-0.15, -0.1) is 0 Å². The summed E-state index contributed by atoms with van der Waals surface area (Å²) in [6, 6.07) is 7.14. The van der Waals surface area contributed by atoms with Crippen molar-refractivity contribution in [3.05, 3.63) is 71.2 Å². The number of nitrogens with one attached hydrogen (secondary N) is 5. The summed E-state index contributed by atoms with van der Waals surface area (Å²) in [4.78, 5) is 32.9. The molecule has 0 fully saturated rings. The van der Waals surface area contributed by atoms with Crippen molar-refractivity contribution in [1.29, 1.82) is 0 Å². The van der Waals surface area contributed by atoms with E-state index in [-0.39, 0.29) is 18.0 Å². The lowest BCUT2D eigenvalue weighted by molar-refractivity contribution is -0.145. The highest BCUT2D eigenvalue weighted by Gasteiger charge is 2.29. The first-order chi connectivity index (χ1) is 18.6. The molecule has 0 aliphatic carbocycles. The second-order valence-corrected chi connectivity index (χ2v) is 10.8. The number of carbonyl (C=O) groups excluding carboxylic acids is 2. The molecule has 4 rings (SSSR count). The Labute approximate surface area is 226 Å². The summed E-state index contributed by atoms with van der Waals surface area (Å²) >= 11 is 0. The number of sulfonamides is 1. The van der Waals surface area contributed by atoms with Crippen LogP contribution in [0.4, 0.5) is 5.95 Å². The zero-order valence-corrected chi connectivity index (χ0v) is 22.7. The quantitative estimate of drug-likeness (QED) is 0.131. The van der Waals surface area contributed by atoms with Crippen LogP contribution in [0.3, 0.4) is 0 Å². The van der Waals surface area contributed by atoms with Crippen molar-refractivity contribution in [1.82, 2.24) is 30.2 Å². The smallest absolute Gasteiger partial charge is 0.326 e. The molecule has 4 aromatic rings. The van der Waals surface area contributed by atoms with Crippen LogP contribution in [-0.2, 0) is 19.6 Å². The normalized spacial score (nSPS) is 12.3. The number of esters is 1. The van der Waals surface area contributed by atoms with E-state index in [0.29, 0.717) is 35.6 Å². The maximum atomic E-state index is 13.4. The lowest BCUT2D eigenvalue weighted by atomic mass is 10.1. The number of aromatic amines is 2. The lowest BCUT2D eigenvalue weighted by Gasteiger charge is -2.20. The molecule has 2 aromatic carbocycles. The van der Waals surface area contributed by atoms with E-state index in [4.69, 9.17) is 4.74 Å². The van der Waals surface area contributed by atoms with Gasteiger partial charge in [0.1, 0.15) is 6.04 Å². The fourth-order valence-electron chi connectivity index (χ4n) is 4.31. The minimum absolute atomic E-state index is 0.0401. The summed E-state index contributed by atoms with van der Waals surface area (Å²) in [5.74, 6) is -0.683. The second-order valence-electron chi connectivity index (χ2n) is 9.17. The predicted molar refractivity (Wildman–Crippen MR) is 146 cm³/mol. The van der Waals surface area contributed by atoms with E-state index >= 15 is 0 Å². The molecule has 2 heterocycles.